The van der Waals surface area contributed by atoms with E-state index < -0.39 is 5.97 Å². The molecule has 0 bridgehead atoms. The van der Waals surface area contributed by atoms with E-state index in [1.54, 1.807) is 50.5 Å². The van der Waals surface area contributed by atoms with Crippen molar-refractivity contribution in [1.29, 1.82) is 0 Å². The van der Waals surface area contributed by atoms with Crippen LogP contribution in [0.5, 0.6) is 17.2 Å². The zero-order valence-electron chi connectivity index (χ0n) is 17.6. The van der Waals surface area contributed by atoms with Crippen LogP contribution in [0.1, 0.15) is 30.0 Å². The van der Waals surface area contributed by atoms with Crippen molar-refractivity contribution >= 4 is 11.9 Å². The van der Waals surface area contributed by atoms with E-state index in [9.17, 15) is 9.59 Å². The number of amides is 1. The molecule has 160 valence electrons. The first-order valence-corrected chi connectivity index (χ1v) is 9.85. The fourth-order valence-electron chi connectivity index (χ4n) is 3.67. The van der Waals surface area contributed by atoms with Crippen molar-refractivity contribution in [3.8, 4) is 17.2 Å². The Labute approximate surface area is 176 Å². The molecule has 1 saturated heterocycles. The predicted molar refractivity (Wildman–Crippen MR) is 111 cm³/mol. The summed E-state index contributed by atoms with van der Waals surface area (Å²) in [4.78, 5) is 26.7. The summed E-state index contributed by atoms with van der Waals surface area (Å²) in [5.74, 6) is 1.47. The topological polar surface area (TPSA) is 74.3 Å². The number of rotatable bonds is 8. The third-order valence-corrected chi connectivity index (χ3v) is 5.23. The third kappa shape index (κ3) is 5.03. The van der Waals surface area contributed by atoms with Crippen LogP contribution in [0.15, 0.2) is 42.5 Å². The lowest BCUT2D eigenvalue weighted by Gasteiger charge is -2.26. The molecule has 0 aliphatic carbocycles. The van der Waals surface area contributed by atoms with E-state index in [1.807, 2.05) is 18.2 Å². The maximum absolute atomic E-state index is 12.8. The molecule has 1 aliphatic heterocycles. The molecule has 1 atom stereocenters. The molecule has 0 unspecified atom stereocenters. The Balaban J connectivity index is 1.61. The first-order chi connectivity index (χ1) is 14.5. The molecule has 7 nitrogen and oxygen atoms in total. The fraction of sp³-hybridized carbons (Fsp3) is 0.391. The summed E-state index contributed by atoms with van der Waals surface area (Å²) in [6, 6.07) is 12.6. The molecule has 2 aromatic carbocycles. The summed E-state index contributed by atoms with van der Waals surface area (Å²) in [6.07, 6.45) is 1.79. The molecule has 3 rings (SSSR count). The average Bonchev–Trinajstić information content (AvgIpc) is 3.27. The molecule has 7 heteroatoms. The zero-order valence-corrected chi connectivity index (χ0v) is 17.6. The monoisotopic (exact) mass is 413 g/mol. The van der Waals surface area contributed by atoms with Gasteiger partial charge in [0.1, 0.15) is 17.2 Å². The molecule has 0 aromatic heterocycles. The van der Waals surface area contributed by atoms with Gasteiger partial charge in [0.2, 0.25) is 0 Å². The van der Waals surface area contributed by atoms with Crippen LogP contribution in [0.3, 0.4) is 0 Å². The van der Waals surface area contributed by atoms with Gasteiger partial charge in [0.15, 0.2) is 6.61 Å². The van der Waals surface area contributed by atoms with Crippen LogP contribution in [-0.4, -0.2) is 51.3 Å². The van der Waals surface area contributed by atoms with Gasteiger partial charge in [-0.25, -0.2) is 0 Å². The number of hydrogen-bond donors (Lipinski definition) is 0. The highest BCUT2D eigenvalue weighted by molar-refractivity contribution is 5.82. The van der Waals surface area contributed by atoms with Crippen LogP contribution in [-0.2, 0) is 20.7 Å². The maximum atomic E-state index is 12.8. The highest BCUT2D eigenvalue weighted by atomic mass is 16.5. The molecule has 30 heavy (non-hydrogen) atoms. The Morgan fingerprint density at radius 2 is 1.67 bits per heavy atom. The van der Waals surface area contributed by atoms with Crippen LogP contribution in [0.4, 0.5) is 0 Å². The molecule has 1 fully saturated rings. The minimum atomic E-state index is -0.441. The number of ether oxygens (including phenoxy) is 4. The lowest BCUT2D eigenvalue weighted by Crippen LogP contribution is -2.34. The number of methoxy groups -OCH3 is 3. The van der Waals surface area contributed by atoms with E-state index in [1.165, 1.54) is 0 Å². The van der Waals surface area contributed by atoms with Crippen LogP contribution in [0.2, 0.25) is 0 Å². The van der Waals surface area contributed by atoms with Crippen molar-refractivity contribution in [2.45, 2.75) is 25.3 Å². The molecular weight excluding hydrogens is 386 g/mol. The summed E-state index contributed by atoms with van der Waals surface area (Å²) < 4.78 is 21.2. The van der Waals surface area contributed by atoms with E-state index >= 15 is 0 Å². The van der Waals surface area contributed by atoms with Gasteiger partial charge in [-0.15, -0.1) is 0 Å². The van der Waals surface area contributed by atoms with Gasteiger partial charge >= 0.3 is 5.97 Å². The van der Waals surface area contributed by atoms with Gasteiger partial charge in [0, 0.05) is 12.1 Å². The number of likely N-dealkylation sites (tertiary alicyclic amines) is 1. The number of esters is 1. The first kappa shape index (κ1) is 21.5. The van der Waals surface area contributed by atoms with Crippen LogP contribution in [0.25, 0.3) is 0 Å². The SMILES string of the molecule is COc1ccc(CC(=O)OCC(=O)N2CCC[C@H]2c2cc(OC)ccc2OC)cc1. The van der Waals surface area contributed by atoms with Crippen molar-refractivity contribution in [3.63, 3.8) is 0 Å². The van der Waals surface area contributed by atoms with Gasteiger partial charge in [-0.2, -0.15) is 0 Å². The Morgan fingerprint density at radius 3 is 2.33 bits per heavy atom. The zero-order chi connectivity index (χ0) is 21.5. The summed E-state index contributed by atoms with van der Waals surface area (Å²) in [5, 5.41) is 0. The second-order valence-electron chi connectivity index (χ2n) is 7.04. The first-order valence-electron chi connectivity index (χ1n) is 9.85. The lowest BCUT2D eigenvalue weighted by atomic mass is 10.0. The van der Waals surface area contributed by atoms with Crippen LogP contribution >= 0.6 is 0 Å². The summed E-state index contributed by atoms with van der Waals surface area (Å²) >= 11 is 0. The molecular formula is C23H27NO6. The van der Waals surface area contributed by atoms with E-state index in [4.69, 9.17) is 18.9 Å². The van der Waals surface area contributed by atoms with Crippen molar-refractivity contribution < 1.29 is 28.5 Å². The predicted octanol–water partition coefficient (Wildman–Crippen LogP) is 3.16. The quantitative estimate of drug-likeness (QED) is 0.619. The second kappa shape index (κ2) is 10.0. The van der Waals surface area contributed by atoms with Gasteiger partial charge in [-0.05, 0) is 48.7 Å². The number of carbonyl (C=O) groups excluding carboxylic acids is 2. The normalized spacial score (nSPS) is 15.6. The molecule has 1 amide bonds. The standard InChI is InChI=1S/C23H27NO6/c1-27-17-8-6-16(7-9-17)13-23(26)30-15-22(25)24-12-4-5-20(24)19-14-18(28-2)10-11-21(19)29-3/h6-11,14,20H,4-5,12-13,15H2,1-3H3/t20-/m0/s1. The Morgan fingerprint density at radius 1 is 0.967 bits per heavy atom. The van der Waals surface area contributed by atoms with Gasteiger partial charge in [0.25, 0.3) is 5.91 Å². The van der Waals surface area contributed by atoms with Gasteiger partial charge < -0.3 is 23.8 Å². The Hall–Kier alpha value is -3.22. The van der Waals surface area contributed by atoms with E-state index in [0.29, 0.717) is 18.0 Å². The van der Waals surface area contributed by atoms with E-state index in [2.05, 4.69) is 0 Å². The highest BCUT2D eigenvalue weighted by Gasteiger charge is 2.32. The fourth-order valence-corrected chi connectivity index (χ4v) is 3.67. The number of hydrogen-bond acceptors (Lipinski definition) is 6. The number of nitrogens with zero attached hydrogens (tertiary/aromatic N) is 1. The molecule has 0 saturated carbocycles. The molecule has 1 heterocycles. The second-order valence-corrected chi connectivity index (χ2v) is 7.04. The number of benzene rings is 2. The van der Waals surface area contributed by atoms with Crippen molar-refractivity contribution in [2.75, 3.05) is 34.5 Å². The van der Waals surface area contributed by atoms with Crippen LogP contribution < -0.4 is 14.2 Å². The van der Waals surface area contributed by atoms with Gasteiger partial charge in [-0.3, -0.25) is 9.59 Å². The Kier molecular flexibility index (Phi) is 7.17. The molecule has 2 aromatic rings. The average molecular weight is 413 g/mol. The largest absolute Gasteiger partial charge is 0.497 e. The van der Waals surface area contributed by atoms with Gasteiger partial charge in [-0.1, -0.05) is 12.1 Å². The molecule has 0 N–H and O–H groups in total. The highest BCUT2D eigenvalue weighted by Crippen LogP contribution is 2.38. The summed E-state index contributed by atoms with van der Waals surface area (Å²) in [6.45, 7) is 0.331. The summed E-state index contributed by atoms with van der Waals surface area (Å²) in [7, 11) is 4.79. The molecule has 0 spiro atoms. The van der Waals surface area contributed by atoms with E-state index in [-0.39, 0.29) is 25.0 Å². The molecule has 0 radical (unpaired) electrons. The lowest BCUT2D eigenvalue weighted by molar-refractivity contribution is -0.151. The molecule has 1 aliphatic rings. The maximum Gasteiger partial charge on any atom is 0.310 e. The smallest absolute Gasteiger partial charge is 0.310 e. The van der Waals surface area contributed by atoms with Gasteiger partial charge in [0.05, 0.1) is 33.8 Å². The van der Waals surface area contributed by atoms with Crippen molar-refractivity contribution in [1.82, 2.24) is 4.90 Å². The van der Waals surface area contributed by atoms with E-state index in [0.717, 1.165) is 29.7 Å². The van der Waals surface area contributed by atoms with Crippen molar-refractivity contribution in [2.24, 2.45) is 0 Å². The summed E-state index contributed by atoms with van der Waals surface area (Å²) in [5.41, 5.74) is 1.70. The third-order valence-electron chi connectivity index (χ3n) is 5.23. The number of carbonyl (C=O) groups is 2. The Bertz CT molecular complexity index is 880. The minimum Gasteiger partial charge on any atom is -0.497 e. The minimum absolute atomic E-state index is 0.102. The van der Waals surface area contributed by atoms with Crippen LogP contribution in [0, 0.1) is 0 Å². The van der Waals surface area contributed by atoms with Crippen molar-refractivity contribution in [3.05, 3.63) is 53.6 Å².